The maximum Gasteiger partial charge on any atom is 0.290 e. The molecule has 0 aliphatic carbocycles. The van der Waals surface area contributed by atoms with Gasteiger partial charge in [-0.25, -0.2) is 0 Å². The molecular formula is C25H27BrN2O4. The predicted molar refractivity (Wildman–Crippen MR) is 128 cm³/mol. The van der Waals surface area contributed by atoms with Crippen molar-refractivity contribution in [1.82, 2.24) is 9.80 Å². The molecule has 1 atom stereocenters. The summed E-state index contributed by atoms with van der Waals surface area (Å²) >= 11 is 3.43. The molecule has 2 aromatic carbocycles. The fourth-order valence-corrected chi connectivity index (χ4v) is 4.45. The van der Waals surface area contributed by atoms with Crippen LogP contribution in [0.1, 0.15) is 47.5 Å². The van der Waals surface area contributed by atoms with E-state index in [-0.39, 0.29) is 17.1 Å². The summed E-state index contributed by atoms with van der Waals surface area (Å²) in [6, 6.07) is 12.4. The minimum absolute atomic E-state index is 0.144. The van der Waals surface area contributed by atoms with Crippen LogP contribution in [-0.4, -0.2) is 49.5 Å². The summed E-state index contributed by atoms with van der Waals surface area (Å²) in [5.74, 6) is 0.678. The van der Waals surface area contributed by atoms with Crippen LogP contribution < -0.4 is 10.2 Å². The van der Waals surface area contributed by atoms with Crippen LogP contribution in [0.5, 0.6) is 5.75 Å². The molecule has 0 fully saturated rings. The highest BCUT2D eigenvalue weighted by atomic mass is 79.9. The third-order valence-corrected chi connectivity index (χ3v) is 6.09. The van der Waals surface area contributed by atoms with Crippen LogP contribution in [0.15, 0.2) is 56.1 Å². The van der Waals surface area contributed by atoms with Gasteiger partial charge in [0.05, 0.1) is 23.6 Å². The molecule has 1 amide bonds. The van der Waals surface area contributed by atoms with Gasteiger partial charge in [0.15, 0.2) is 5.43 Å². The maximum atomic E-state index is 13.5. The van der Waals surface area contributed by atoms with Gasteiger partial charge in [-0.1, -0.05) is 35.0 Å². The van der Waals surface area contributed by atoms with E-state index in [0.29, 0.717) is 29.7 Å². The van der Waals surface area contributed by atoms with Crippen LogP contribution >= 0.6 is 15.9 Å². The van der Waals surface area contributed by atoms with Crippen LogP contribution in [0.4, 0.5) is 0 Å². The standard InChI is InChI=1S/C25H27BrN2O4/c1-4-14-31-18-9-6-16(7-10-18)22-21-23(29)19-15-17(26)8-11-20(19)32-24(21)25(30)28(22)13-5-12-27(2)3/h6-11,15,22H,4-5,12-14H2,1-3H3/t22-/m0/s1. The first-order chi connectivity index (χ1) is 15.4. The number of nitrogens with zero attached hydrogens (tertiary/aromatic N) is 2. The van der Waals surface area contributed by atoms with Gasteiger partial charge in [-0.15, -0.1) is 0 Å². The second kappa shape index (κ2) is 9.46. The van der Waals surface area contributed by atoms with E-state index in [9.17, 15) is 9.59 Å². The SMILES string of the molecule is CCCOc1ccc([C@H]2c3c(oc4ccc(Br)cc4c3=O)C(=O)N2CCCN(C)C)cc1. The van der Waals surface area contributed by atoms with Crippen LogP contribution in [0.2, 0.25) is 0 Å². The summed E-state index contributed by atoms with van der Waals surface area (Å²) in [6.45, 7) is 4.07. The molecule has 4 rings (SSSR count). The molecule has 168 valence electrons. The fraction of sp³-hybridized carbons (Fsp3) is 0.360. The lowest BCUT2D eigenvalue weighted by Crippen LogP contribution is -2.32. The molecule has 0 unspecified atom stereocenters. The van der Waals surface area contributed by atoms with Crippen LogP contribution in [0, 0.1) is 0 Å². The minimum Gasteiger partial charge on any atom is -0.494 e. The second-order valence-electron chi connectivity index (χ2n) is 8.29. The highest BCUT2D eigenvalue weighted by molar-refractivity contribution is 9.10. The Morgan fingerprint density at radius 2 is 1.88 bits per heavy atom. The van der Waals surface area contributed by atoms with Crippen molar-refractivity contribution in [3.05, 3.63) is 74.0 Å². The van der Waals surface area contributed by atoms with E-state index in [0.717, 1.165) is 35.2 Å². The molecule has 1 aliphatic rings. The third-order valence-electron chi connectivity index (χ3n) is 5.60. The first-order valence-corrected chi connectivity index (χ1v) is 11.6. The molecule has 6 nitrogen and oxygen atoms in total. The first-order valence-electron chi connectivity index (χ1n) is 10.9. The monoisotopic (exact) mass is 498 g/mol. The van der Waals surface area contributed by atoms with Crippen molar-refractivity contribution in [2.24, 2.45) is 0 Å². The zero-order chi connectivity index (χ0) is 22.8. The molecule has 0 saturated heterocycles. The molecule has 7 heteroatoms. The van der Waals surface area contributed by atoms with Gasteiger partial charge >= 0.3 is 0 Å². The molecular weight excluding hydrogens is 472 g/mol. The van der Waals surface area contributed by atoms with Crippen molar-refractivity contribution < 1.29 is 13.9 Å². The largest absolute Gasteiger partial charge is 0.494 e. The lowest BCUT2D eigenvalue weighted by atomic mass is 9.98. The Hall–Kier alpha value is -2.64. The number of carbonyl (C=O) groups excluding carboxylic acids is 1. The van der Waals surface area contributed by atoms with Gasteiger partial charge in [-0.2, -0.15) is 0 Å². The number of benzene rings is 2. The highest BCUT2D eigenvalue weighted by Gasteiger charge is 2.42. The average Bonchev–Trinajstić information content (AvgIpc) is 3.05. The Labute approximate surface area is 195 Å². The number of fused-ring (bicyclic) bond motifs is 2. The molecule has 1 aromatic heterocycles. The van der Waals surface area contributed by atoms with E-state index < -0.39 is 6.04 Å². The summed E-state index contributed by atoms with van der Waals surface area (Å²) in [5.41, 5.74) is 1.53. The smallest absolute Gasteiger partial charge is 0.290 e. The summed E-state index contributed by atoms with van der Waals surface area (Å²) in [6.07, 6.45) is 1.72. The van der Waals surface area contributed by atoms with Gasteiger partial charge in [-0.05, 0) is 69.4 Å². The molecule has 0 bridgehead atoms. The zero-order valence-electron chi connectivity index (χ0n) is 18.6. The number of hydrogen-bond acceptors (Lipinski definition) is 5. The van der Waals surface area contributed by atoms with E-state index in [1.165, 1.54) is 0 Å². The molecule has 32 heavy (non-hydrogen) atoms. The minimum atomic E-state index is -0.487. The molecule has 0 spiro atoms. The zero-order valence-corrected chi connectivity index (χ0v) is 20.1. The number of rotatable bonds is 8. The van der Waals surface area contributed by atoms with Crippen molar-refractivity contribution >= 4 is 32.8 Å². The first kappa shape index (κ1) is 22.6. The molecule has 0 radical (unpaired) electrons. The molecule has 3 aromatic rings. The Balaban J connectivity index is 1.80. The van der Waals surface area contributed by atoms with Gasteiger partial charge in [0.2, 0.25) is 5.76 Å². The van der Waals surface area contributed by atoms with Gasteiger partial charge in [0, 0.05) is 11.0 Å². The quantitative estimate of drug-likeness (QED) is 0.444. The Kier molecular flexibility index (Phi) is 6.67. The van der Waals surface area contributed by atoms with Gasteiger partial charge < -0.3 is 19.0 Å². The van der Waals surface area contributed by atoms with Gasteiger partial charge in [0.1, 0.15) is 11.3 Å². The van der Waals surface area contributed by atoms with E-state index in [4.69, 9.17) is 9.15 Å². The maximum absolute atomic E-state index is 13.5. The van der Waals surface area contributed by atoms with E-state index in [1.807, 2.05) is 38.4 Å². The number of carbonyl (C=O) groups is 1. The topological polar surface area (TPSA) is 63.0 Å². The van der Waals surface area contributed by atoms with Gasteiger partial charge in [-0.3, -0.25) is 9.59 Å². The van der Waals surface area contributed by atoms with Crippen molar-refractivity contribution in [1.29, 1.82) is 0 Å². The van der Waals surface area contributed by atoms with E-state index in [1.54, 1.807) is 23.1 Å². The number of ether oxygens (including phenoxy) is 1. The van der Waals surface area contributed by atoms with E-state index in [2.05, 4.69) is 27.8 Å². The normalized spacial score (nSPS) is 15.6. The van der Waals surface area contributed by atoms with Crippen molar-refractivity contribution in [3.8, 4) is 5.75 Å². The lowest BCUT2D eigenvalue weighted by Gasteiger charge is -2.26. The third kappa shape index (κ3) is 4.32. The Bertz CT molecular complexity index is 1190. The molecule has 0 saturated carbocycles. The molecule has 0 N–H and O–H groups in total. The van der Waals surface area contributed by atoms with Crippen molar-refractivity contribution in [2.45, 2.75) is 25.8 Å². The Morgan fingerprint density at radius 1 is 1.12 bits per heavy atom. The fourth-order valence-electron chi connectivity index (χ4n) is 4.09. The van der Waals surface area contributed by atoms with Crippen LogP contribution in [0.25, 0.3) is 11.0 Å². The van der Waals surface area contributed by atoms with Crippen molar-refractivity contribution in [3.63, 3.8) is 0 Å². The lowest BCUT2D eigenvalue weighted by molar-refractivity contribution is 0.0722. The van der Waals surface area contributed by atoms with Crippen LogP contribution in [-0.2, 0) is 0 Å². The van der Waals surface area contributed by atoms with Gasteiger partial charge in [0.25, 0.3) is 5.91 Å². The van der Waals surface area contributed by atoms with Crippen LogP contribution in [0.3, 0.4) is 0 Å². The predicted octanol–water partition coefficient (Wildman–Crippen LogP) is 4.84. The summed E-state index contributed by atoms with van der Waals surface area (Å²) in [7, 11) is 4.01. The number of amides is 1. The Morgan fingerprint density at radius 3 is 2.56 bits per heavy atom. The van der Waals surface area contributed by atoms with E-state index >= 15 is 0 Å². The summed E-state index contributed by atoms with van der Waals surface area (Å²) in [4.78, 5) is 30.8. The summed E-state index contributed by atoms with van der Waals surface area (Å²) < 4.78 is 12.5. The average molecular weight is 499 g/mol. The molecule has 2 heterocycles. The summed E-state index contributed by atoms with van der Waals surface area (Å²) in [5, 5.41) is 0.467. The highest BCUT2D eigenvalue weighted by Crippen LogP contribution is 2.39. The molecule has 1 aliphatic heterocycles. The number of halogens is 1. The van der Waals surface area contributed by atoms with Crippen molar-refractivity contribution in [2.75, 3.05) is 33.8 Å². The number of hydrogen-bond donors (Lipinski definition) is 0. The second-order valence-corrected chi connectivity index (χ2v) is 9.21.